The van der Waals surface area contributed by atoms with E-state index in [-0.39, 0.29) is 30.3 Å². The molecule has 2 aliphatic rings. The van der Waals surface area contributed by atoms with Crippen LogP contribution in [0.15, 0.2) is 24.3 Å². The van der Waals surface area contributed by atoms with Crippen LogP contribution in [0, 0.1) is 5.92 Å². The number of halogens is 1. The Balaban J connectivity index is 0.00000225. The fraction of sp³-hybridized carbons (Fsp3) is 0.650. The van der Waals surface area contributed by atoms with E-state index < -0.39 is 0 Å². The summed E-state index contributed by atoms with van der Waals surface area (Å²) in [6.07, 6.45) is 10.5. The van der Waals surface area contributed by atoms with Crippen LogP contribution in [-0.2, 0) is 11.3 Å². The van der Waals surface area contributed by atoms with Gasteiger partial charge in [-0.25, -0.2) is 0 Å². The number of carbonyl (C=O) groups excluding carboxylic acids is 1. The Morgan fingerprint density at radius 3 is 2.44 bits per heavy atom. The van der Waals surface area contributed by atoms with E-state index >= 15 is 0 Å². The zero-order valence-electron chi connectivity index (χ0n) is 14.9. The Morgan fingerprint density at radius 2 is 1.76 bits per heavy atom. The summed E-state index contributed by atoms with van der Waals surface area (Å²) in [5.41, 5.74) is 7.08. The first-order valence-electron chi connectivity index (χ1n) is 9.49. The van der Waals surface area contributed by atoms with Crippen molar-refractivity contribution in [2.24, 2.45) is 11.7 Å². The van der Waals surface area contributed by atoms with Crippen molar-refractivity contribution in [2.75, 3.05) is 0 Å². The summed E-state index contributed by atoms with van der Waals surface area (Å²) in [4.78, 5) is 12.3. The van der Waals surface area contributed by atoms with Crippen molar-refractivity contribution in [3.05, 3.63) is 29.8 Å². The molecule has 2 fully saturated rings. The van der Waals surface area contributed by atoms with Crippen LogP contribution in [0.1, 0.15) is 63.4 Å². The van der Waals surface area contributed by atoms with Crippen molar-refractivity contribution < 1.29 is 9.53 Å². The van der Waals surface area contributed by atoms with E-state index in [1.54, 1.807) is 0 Å². The Bertz CT molecular complexity index is 529. The average Bonchev–Trinajstić information content (AvgIpc) is 2.62. The number of nitrogens with two attached hydrogens (primary N) is 1. The third kappa shape index (κ3) is 6.19. The molecule has 2 atom stereocenters. The molecule has 4 nitrogen and oxygen atoms in total. The minimum absolute atomic E-state index is 0. The topological polar surface area (TPSA) is 64.4 Å². The van der Waals surface area contributed by atoms with Crippen molar-refractivity contribution in [3.63, 3.8) is 0 Å². The Morgan fingerprint density at radius 1 is 1.04 bits per heavy atom. The maximum absolute atomic E-state index is 12.3. The van der Waals surface area contributed by atoms with Gasteiger partial charge < -0.3 is 15.8 Å². The number of ether oxygens (including phenoxy) is 1. The lowest BCUT2D eigenvalue weighted by Crippen LogP contribution is -2.37. The Kier molecular flexibility index (Phi) is 8.04. The van der Waals surface area contributed by atoms with E-state index in [4.69, 9.17) is 10.5 Å². The van der Waals surface area contributed by atoms with Crippen LogP contribution < -0.4 is 15.8 Å². The smallest absolute Gasteiger partial charge is 0.223 e. The van der Waals surface area contributed by atoms with Crippen LogP contribution in [0.3, 0.4) is 0 Å². The molecule has 0 aliphatic heterocycles. The predicted octanol–water partition coefficient (Wildman–Crippen LogP) is 3.95. The first-order valence-corrected chi connectivity index (χ1v) is 9.49. The molecule has 3 N–H and O–H groups in total. The number of hydrogen-bond donors (Lipinski definition) is 2. The number of benzene rings is 1. The second kappa shape index (κ2) is 10.0. The van der Waals surface area contributed by atoms with Gasteiger partial charge in [0.25, 0.3) is 0 Å². The molecule has 1 amide bonds. The normalized spacial score (nSPS) is 24.2. The highest BCUT2D eigenvalue weighted by molar-refractivity contribution is 5.85. The van der Waals surface area contributed by atoms with Crippen molar-refractivity contribution in [3.8, 4) is 5.75 Å². The summed E-state index contributed by atoms with van der Waals surface area (Å²) >= 11 is 0. The monoisotopic (exact) mass is 366 g/mol. The highest BCUT2D eigenvalue weighted by Gasteiger charge is 2.24. The van der Waals surface area contributed by atoms with E-state index in [1.165, 1.54) is 32.1 Å². The van der Waals surface area contributed by atoms with Gasteiger partial charge in [-0.05, 0) is 62.6 Å². The van der Waals surface area contributed by atoms with E-state index in [1.807, 2.05) is 24.3 Å². The summed E-state index contributed by atoms with van der Waals surface area (Å²) in [7, 11) is 0. The van der Waals surface area contributed by atoms with Gasteiger partial charge >= 0.3 is 0 Å². The highest BCUT2D eigenvalue weighted by atomic mass is 35.5. The summed E-state index contributed by atoms with van der Waals surface area (Å²) in [6.45, 7) is 0.578. The Hall–Kier alpha value is -1.26. The second-order valence-corrected chi connectivity index (χ2v) is 7.36. The zero-order chi connectivity index (χ0) is 16.8. The first kappa shape index (κ1) is 20.1. The van der Waals surface area contributed by atoms with Crippen molar-refractivity contribution in [1.82, 2.24) is 5.32 Å². The predicted molar refractivity (Wildman–Crippen MR) is 103 cm³/mol. The molecule has 140 valence electrons. The number of carbonyl (C=O) groups is 1. The van der Waals surface area contributed by atoms with Crippen molar-refractivity contribution >= 4 is 18.3 Å². The van der Waals surface area contributed by atoms with Crippen LogP contribution in [0.2, 0.25) is 0 Å². The molecule has 1 aromatic carbocycles. The molecule has 0 heterocycles. The zero-order valence-corrected chi connectivity index (χ0v) is 15.7. The first-order chi connectivity index (χ1) is 11.7. The lowest BCUT2D eigenvalue weighted by atomic mass is 9.85. The molecule has 2 unspecified atom stereocenters. The quantitative estimate of drug-likeness (QED) is 0.829. The maximum atomic E-state index is 12.3. The van der Waals surface area contributed by atoms with E-state index in [0.29, 0.717) is 12.6 Å². The van der Waals surface area contributed by atoms with Gasteiger partial charge in [0, 0.05) is 18.5 Å². The van der Waals surface area contributed by atoms with Crippen molar-refractivity contribution in [2.45, 2.75) is 76.5 Å². The highest BCUT2D eigenvalue weighted by Crippen LogP contribution is 2.24. The number of rotatable bonds is 5. The minimum atomic E-state index is 0. The molecule has 1 aromatic rings. The van der Waals surface area contributed by atoms with Crippen LogP contribution in [-0.4, -0.2) is 18.1 Å². The molecule has 2 aliphatic carbocycles. The van der Waals surface area contributed by atoms with Crippen LogP contribution >= 0.6 is 12.4 Å². The molecule has 5 heteroatoms. The molecule has 2 saturated carbocycles. The number of amides is 1. The fourth-order valence-corrected chi connectivity index (χ4v) is 3.86. The van der Waals surface area contributed by atoms with Crippen molar-refractivity contribution in [1.29, 1.82) is 0 Å². The minimum Gasteiger partial charge on any atom is -0.490 e. The van der Waals surface area contributed by atoms with E-state index in [9.17, 15) is 4.79 Å². The molecule has 0 bridgehead atoms. The van der Waals surface area contributed by atoms with Crippen LogP contribution in [0.5, 0.6) is 5.75 Å². The van der Waals surface area contributed by atoms with Gasteiger partial charge in [0.15, 0.2) is 0 Å². The third-order valence-electron chi connectivity index (χ3n) is 5.33. The molecule has 3 rings (SSSR count). The van der Waals surface area contributed by atoms with Gasteiger partial charge in [0.2, 0.25) is 5.91 Å². The number of nitrogens with one attached hydrogen (secondary N) is 1. The van der Waals surface area contributed by atoms with Gasteiger partial charge in [-0.15, -0.1) is 12.4 Å². The standard InChI is InChI=1S/C20H30N2O2.ClH/c21-17-6-4-5-16(13-17)20(23)22-14-15-9-11-19(12-10-15)24-18-7-2-1-3-8-18;/h9-12,16-18H,1-8,13-14,21H2,(H,22,23);1H. The number of hydrogen-bond acceptors (Lipinski definition) is 3. The largest absolute Gasteiger partial charge is 0.490 e. The second-order valence-electron chi connectivity index (χ2n) is 7.36. The lowest BCUT2D eigenvalue weighted by molar-refractivity contribution is -0.126. The average molecular weight is 367 g/mol. The van der Waals surface area contributed by atoms with Crippen LogP contribution in [0.4, 0.5) is 0 Å². The SMILES string of the molecule is Cl.NC1CCCC(C(=O)NCc2ccc(OC3CCCCC3)cc2)C1. The molecule has 0 radical (unpaired) electrons. The molecule has 25 heavy (non-hydrogen) atoms. The Labute approximate surface area is 157 Å². The molecule has 0 spiro atoms. The van der Waals surface area contributed by atoms with Crippen LogP contribution in [0.25, 0.3) is 0 Å². The summed E-state index contributed by atoms with van der Waals surface area (Å²) in [5, 5.41) is 3.05. The third-order valence-corrected chi connectivity index (χ3v) is 5.33. The molecule has 0 saturated heterocycles. The van der Waals surface area contributed by atoms with Gasteiger partial charge in [-0.3, -0.25) is 4.79 Å². The van der Waals surface area contributed by atoms with Gasteiger partial charge in [-0.2, -0.15) is 0 Å². The summed E-state index contributed by atoms with van der Waals surface area (Å²) < 4.78 is 6.04. The van der Waals surface area contributed by atoms with E-state index in [0.717, 1.165) is 37.0 Å². The summed E-state index contributed by atoms with van der Waals surface area (Å²) in [6, 6.07) is 8.32. The maximum Gasteiger partial charge on any atom is 0.223 e. The van der Waals surface area contributed by atoms with Gasteiger partial charge in [0.05, 0.1) is 6.10 Å². The fourth-order valence-electron chi connectivity index (χ4n) is 3.86. The lowest BCUT2D eigenvalue weighted by Gasteiger charge is -2.25. The van der Waals surface area contributed by atoms with Gasteiger partial charge in [0.1, 0.15) is 5.75 Å². The van der Waals surface area contributed by atoms with E-state index in [2.05, 4.69) is 5.32 Å². The molecular weight excluding hydrogens is 336 g/mol. The van der Waals surface area contributed by atoms with Gasteiger partial charge in [-0.1, -0.05) is 25.0 Å². The molecular formula is C20H31ClN2O2. The summed E-state index contributed by atoms with van der Waals surface area (Å²) in [5.74, 6) is 1.17. The molecule has 0 aromatic heterocycles.